The molecule has 3 fully saturated rings. The van der Waals surface area contributed by atoms with E-state index in [-0.39, 0.29) is 35.2 Å². The lowest BCUT2D eigenvalue weighted by atomic mass is 9.71. The minimum absolute atomic E-state index is 0.0477. The third kappa shape index (κ3) is 6.04. The fraction of sp³-hybridized carbons (Fsp3) is 0.774. The highest BCUT2D eigenvalue weighted by atomic mass is 32.1. The molecule has 39 heavy (non-hydrogen) atoms. The van der Waals surface area contributed by atoms with Crippen LogP contribution in [0.5, 0.6) is 0 Å². The molecule has 1 saturated carbocycles. The van der Waals surface area contributed by atoms with Gasteiger partial charge in [-0.2, -0.15) is 0 Å². The molecule has 4 rings (SSSR count). The SMILES string of the molecule is C/C(=C\c1csc(C)n1)[C@H]1C[C@@H]2O[C@]2(C(C)(C)C)C[C@H]2C[C@H]2[C@H](C)[C@H](O)[C@@H](C)C(=O)C(C)(C)[C@@H](O)CC(=O)O1. The standard InChI is InChI=1S/C31H47NO6S/c1-16(10-21-15-39-19(4)32-21)23-12-25-31(38-25,29(5,6)7)14-20-11-22(20)17(2)27(35)18(3)28(36)30(8,9)24(33)13-26(34)37-23/h10,15,17-18,20,22-25,27,33,35H,11-14H2,1-9H3/b16-10+/t17-,18+,20+,22-,23+,24-,25-,27-,31+/m0/s1. The number of aromatic nitrogens is 1. The lowest BCUT2D eigenvalue weighted by Crippen LogP contribution is -2.46. The second kappa shape index (κ2) is 10.7. The van der Waals surface area contributed by atoms with E-state index in [9.17, 15) is 19.8 Å². The van der Waals surface area contributed by atoms with Crippen LogP contribution in [-0.4, -0.2) is 57.0 Å². The van der Waals surface area contributed by atoms with Gasteiger partial charge in [0, 0.05) is 17.7 Å². The van der Waals surface area contributed by atoms with Crippen molar-refractivity contribution in [2.75, 3.05) is 0 Å². The van der Waals surface area contributed by atoms with E-state index in [1.165, 1.54) is 0 Å². The number of thiazole rings is 1. The number of hydrogen-bond donors (Lipinski definition) is 2. The summed E-state index contributed by atoms with van der Waals surface area (Å²) in [5.41, 5.74) is 0.0104. The second-order valence-electron chi connectivity index (χ2n) is 13.9. The minimum atomic E-state index is -1.24. The van der Waals surface area contributed by atoms with Crippen molar-refractivity contribution < 1.29 is 29.3 Å². The predicted molar refractivity (Wildman–Crippen MR) is 152 cm³/mol. The van der Waals surface area contributed by atoms with Crippen LogP contribution in [0.25, 0.3) is 6.08 Å². The van der Waals surface area contributed by atoms with E-state index >= 15 is 0 Å². The zero-order valence-corrected chi connectivity index (χ0v) is 25.8. The molecule has 0 bridgehead atoms. The first kappa shape index (κ1) is 30.4. The van der Waals surface area contributed by atoms with Gasteiger partial charge in [-0.3, -0.25) is 9.59 Å². The molecule has 9 atom stereocenters. The summed E-state index contributed by atoms with van der Waals surface area (Å²) in [4.78, 5) is 31.2. The van der Waals surface area contributed by atoms with E-state index in [0.29, 0.717) is 18.3 Å². The van der Waals surface area contributed by atoms with Crippen LogP contribution in [0.3, 0.4) is 0 Å². The number of carbonyl (C=O) groups excluding carboxylic acids is 2. The van der Waals surface area contributed by atoms with Crippen molar-refractivity contribution in [2.45, 2.75) is 118 Å². The van der Waals surface area contributed by atoms with Crippen LogP contribution in [0.4, 0.5) is 0 Å². The fourth-order valence-corrected chi connectivity index (χ4v) is 7.24. The highest BCUT2D eigenvalue weighted by Crippen LogP contribution is 2.61. The topological polar surface area (TPSA) is 109 Å². The van der Waals surface area contributed by atoms with Gasteiger partial charge < -0.3 is 19.7 Å². The van der Waals surface area contributed by atoms with Gasteiger partial charge in [-0.1, -0.05) is 48.5 Å². The highest BCUT2D eigenvalue weighted by molar-refractivity contribution is 7.09. The van der Waals surface area contributed by atoms with Crippen molar-refractivity contribution >= 4 is 29.2 Å². The zero-order chi connectivity index (χ0) is 29.1. The maximum atomic E-state index is 13.5. The van der Waals surface area contributed by atoms with Crippen LogP contribution in [0.15, 0.2) is 11.0 Å². The largest absolute Gasteiger partial charge is 0.458 e. The Kier molecular flexibility index (Phi) is 8.30. The number of ether oxygens (including phenoxy) is 2. The molecule has 1 aliphatic carbocycles. The molecular formula is C31H47NO6S. The number of fused-ring (bicyclic) bond motifs is 2. The van der Waals surface area contributed by atoms with E-state index in [1.54, 1.807) is 32.1 Å². The number of aliphatic hydroxyl groups is 2. The molecule has 0 amide bonds. The summed E-state index contributed by atoms with van der Waals surface area (Å²) in [6.45, 7) is 17.5. The van der Waals surface area contributed by atoms with Gasteiger partial charge in [0.05, 0.1) is 40.8 Å². The number of aliphatic hydroxyl groups excluding tert-OH is 2. The fourth-order valence-electron chi connectivity index (χ4n) is 6.67. The first-order chi connectivity index (χ1) is 18.0. The molecular weight excluding hydrogens is 514 g/mol. The number of nitrogens with zero attached hydrogens (tertiary/aromatic N) is 1. The number of esters is 1. The van der Waals surface area contributed by atoms with Gasteiger partial charge in [0.15, 0.2) is 0 Å². The smallest absolute Gasteiger partial charge is 0.309 e. The van der Waals surface area contributed by atoms with Gasteiger partial charge in [0.1, 0.15) is 17.5 Å². The van der Waals surface area contributed by atoms with Gasteiger partial charge >= 0.3 is 5.97 Å². The van der Waals surface area contributed by atoms with Crippen molar-refractivity contribution in [3.63, 3.8) is 0 Å². The second-order valence-corrected chi connectivity index (χ2v) is 15.0. The maximum absolute atomic E-state index is 13.5. The van der Waals surface area contributed by atoms with Crippen molar-refractivity contribution in [3.05, 3.63) is 21.7 Å². The number of hydrogen-bond acceptors (Lipinski definition) is 8. The van der Waals surface area contributed by atoms with Crippen molar-refractivity contribution in [1.29, 1.82) is 0 Å². The summed E-state index contributed by atoms with van der Waals surface area (Å²) in [7, 11) is 0. The van der Waals surface area contributed by atoms with Gasteiger partial charge in [0.25, 0.3) is 0 Å². The highest BCUT2D eigenvalue weighted by Gasteiger charge is 2.66. The van der Waals surface area contributed by atoms with Crippen LogP contribution < -0.4 is 0 Å². The Hall–Kier alpha value is -1.61. The van der Waals surface area contributed by atoms with E-state index in [0.717, 1.165) is 29.1 Å². The summed E-state index contributed by atoms with van der Waals surface area (Å²) in [6, 6.07) is 0. The molecule has 0 radical (unpaired) electrons. The number of cyclic esters (lactones) is 1. The van der Waals surface area contributed by atoms with Gasteiger partial charge in [-0.05, 0) is 61.5 Å². The van der Waals surface area contributed by atoms with Gasteiger partial charge in [-0.15, -0.1) is 11.3 Å². The Morgan fingerprint density at radius 3 is 2.44 bits per heavy atom. The molecule has 3 heterocycles. The maximum Gasteiger partial charge on any atom is 0.309 e. The van der Waals surface area contributed by atoms with Crippen LogP contribution in [0.1, 0.15) is 91.8 Å². The van der Waals surface area contributed by atoms with Crippen LogP contribution >= 0.6 is 11.3 Å². The minimum Gasteiger partial charge on any atom is -0.458 e. The number of Topliss-reactive ketones (excluding diaryl/α,β-unsaturated/α-hetero) is 1. The van der Waals surface area contributed by atoms with E-state index in [2.05, 4.69) is 25.8 Å². The molecule has 218 valence electrons. The Bertz CT molecular complexity index is 1120. The van der Waals surface area contributed by atoms with Crippen molar-refractivity contribution in [2.24, 2.45) is 34.5 Å². The quantitative estimate of drug-likeness (QED) is 0.370. The molecule has 0 aromatic carbocycles. The van der Waals surface area contributed by atoms with E-state index in [1.807, 2.05) is 32.2 Å². The molecule has 8 heteroatoms. The average molecular weight is 562 g/mol. The van der Waals surface area contributed by atoms with Gasteiger partial charge in [-0.25, -0.2) is 4.98 Å². The molecule has 3 aliphatic rings. The van der Waals surface area contributed by atoms with Crippen LogP contribution in [0, 0.1) is 41.4 Å². The summed E-state index contributed by atoms with van der Waals surface area (Å²) in [6.07, 6.45) is 1.37. The molecule has 0 unspecified atom stereocenters. The third-order valence-electron chi connectivity index (χ3n) is 9.82. The van der Waals surface area contributed by atoms with E-state index < -0.39 is 35.6 Å². The number of rotatable bonds is 2. The number of carbonyl (C=O) groups is 2. The zero-order valence-electron chi connectivity index (χ0n) is 25.0. The third-order valence-corrected chi connectivity index (χ3v) is 10.6. The molecule has 2 aliphatic heterocycles. The lowest BCUT2D eigenvalue weighted by molar-refractivity contribution is -0.154. The summed E-state index contributed by atoms with van der Waals surface area (Å²) < 4.78 is 12.5. The van der Waals surface area contributed by atoms with Crippen molar-refractivity contribution in [3.8, 4) is 0 Å². The van der Waals surface area contributed by atoms with E-state index in [4.69, 9.17) is 9.47 Å². The Balaban J connectivity index is 1.67. The predicted octanol–water partition coefficient (Wildman–Crippen LogP) is 5.36. The molecule has 7 nitrogen and oxygen atoms in total. The number of ketones is 1. The van der Waals surface area contributed by atoms with Crippen LogP contribution in [0.2, 0.25) is 0 Å². The van der Waals surface area contributed by atoms with Gasteiger partial charge in [0.2, 0.25) is 0 Å². The number of aryl methyl sites for hydroxylation is 1. The summed E-state index contributed by atoms with van der Waals surface area (Å²) >= 11 is 1.57. The Morgan fingerprint density at radius 2 is 1.85 bits per heavy atom. The molecule has 1 aromatic heterocycles. The Morgan fingerprint density at radius 1 is 1.18 bits per heavy atom. The average Bonchev–Trinajstić information content (AvgIpc) is 3.72. The Labute approximate surface area is 237 Å². The molecule has 0 spiro atoms. The van der Waals surface area contributed by atoms with Crippen molar-refractivity contribution in [1.82, 2.24) is 4.98 Å². The summed E-state index contributed by atoms with van der Waals surface area (Å²) in [5.74, 6) is -0.778. The monoisotopic (exact) mass is 561 g/mol. The molecule has 1 aromatic rings. The first-order valence-electron chi connectivity index (χ1n) is 14.4. The lowest BCUT2D eigenvalue weighted by Gasteiger charge is -2.35. The number of epoxide rings is 1. The molecule has 2 saturated heterocycles. The normalized spacial score (nSPS) is 39.9. The first-order valence-corrected chi connectivity index (χ1v) is 15.2. The summed E-state index contributed by atoms with van der Waals surface area (Å²) in [5, 5.41) is 25.2. The molecule has 2 N–H and O–H groups in total. The van der Waals surface area contributed by atoms with Crippen LogP contribution in [-0.2, 0) is 19.1 Å².